The molecule has 1 amide bonds. The molecule has 1 heterocycles. The molecule has 1 N–H and O–H groups in total. The van der Waals surface area contributed by atoms with Crippen LogP contribution in [0.4, 0.5) is 5.69 Å². The zero-order valence-corrected chi connectivity index (χ0v) is 17.9. The Kier molecular flexibility index (Phi) is 7.68. The van der Waals surface area contributed by atoms with Crippen molar-refractivity contribution in [3.8, 4) is 0 Å². The highest BCUT2D eigenvalue weighted by atomic mass is 16.2. The normalized spacial score (nSPS) is 14.7. The van der Waals surface area contributed by atoms with Crippen LogP contribution in [0.25, 0.3) is 0 Å². The molecule has 1 aliphatic rings. The van der Waals surface area contributed by atoms with Crippen LogP contribution in [-0.2, 0) is 19.4 Å². The lowest BCUT2D eigenvalue weighted by molar-refractivity contribution is 0.102. The lowest BCUT2D eigenvalue weighted by Gasteiger charge is -2.28. The van der Waals surface area contributed by atoms with Gasteiger partial charge in [-0.15, -0.1) is 0 Å². The van der Waals surface area contributed by atoms with Gasteiger partial charge in [0.05, 0.1) is 0 Å². The molecule has 0 saturated heterocycles. The highest BCUT2D eigenvalue weighted by Gasteiger charge is 2.23. The topological polar surface area (TPSA) is 51.1 Å². The lowest BCUT2D eigenvalue weighted by atomic mass is 9.88. The van der Waals surface area contributed by atoms with E-state index in [4.69, 9.17) is 0 Å². The first-order valence-corrected chi connectivity index (χ1v) is 11.3. The Hall–Kier alpha value is -2.36. The monoisotopic (exact) mass is 394 g/mol. The number of nitrogens with zero attached hydrogens (tertiary/aromatic N) is 1. The van der Waals surface area contributed by atoms with Crippen molar-refractivity contribution in [1.29, 1.82) is 0 Å². The molecule has 0 aliphatic heterocycles. The van der Waals surface area contributed by atoms with Gasteiger partial charge in [-0.2, -0.15) is 0 Å². The van der Waals surface area contributed by atoms with Crippen molar-refractivity contribution < 1.29 is 4.79 Å². The van der Waals surface area contributed by atoms with Gasteiger partial charge in [0.15, 0.2) is 5.43 Å². The summed E-state index contributed by atoms with van der Waals surface area (Å²) >= 11 is 0. The molecule has 1 fully saturated rings. The SMILES string of the molecule is CCCc1cc(=O)c(C(=O)Nc2ccccc2)c(CCC)n1CC1CCCCC1. The summed E-state index contributed by atoms with van der Waals surface area (Å²) in [5, 5.41) is 2.93. The third kappa shape index (κ3) is 5.37. The number of anilines is 1. The highest BCUT2D eigenvalue weighted by Crippen LogP contribution is 2.27. The minimum absolute atomic E-state index is 0.148. The number of aromatic nitrogens is 1. The van der Waals surface area contributed by atoms with Crippen LogP contribution < -0.4 is 10.7 Å². The smallest absolute Gasteiger partial charge is 0.261 e. The van der Waals surface area contributed by atoms with E-state index in [9.17, 15) is 9.59 Å². The van der Waals surface area contributed by atoms with Gasteiger partial charge in [-0.25, -0.2) is 0 Å². The second-order valence-electron chi connectivity index (χ2n) is 8.26. The summed E-state index contributed by atoms with van der Waals surface area (Å²) in [5.74, 6) is 0.354. The predicted octanol–water partition coefficient (Wildman–Crippen LogP) is 5.59. The number of benzene rings is 1. The molecule has 3 rings (SSSR count). The number of hydrogen-bond acceptors (Lipinski definition) is 2. The van der Waals surface area contributed by atoms with E-state index in [1.165, 1.54) is 32.1 Å². The molecular formula is C25H34N2O2. The van der Waals surface area contributed by atoms with Gasteiger partial charge in [-0.05, 0) is 43.7 Å². The fourth-order valence-electron chi connectivity index (χ4n) is 4.53. The van der Waals surface area contributed by atoms with Crippen molar-refractivity contribution in [1.82, 2.24) is 4.57 Å². The number of amides is 1. The van der Waals surface area contributed by atoms with E-state index in [1.54, 1.807) is 6.07 Å². The fraction of sp³-hybridized carbons (Fsp3) is 0.520. The average molecular weight is 395 g/mol. The van der Waals surface area contributed by atoms with E-state index < -0.39 is 0 Å². The molecule has 1 aliphatic carbocycles. The van der Waals surface area contributed by atoms with Crippen LogP contribution in [0.15, 0.2) is 41.2 Å². The first-order valence-electron chi connectivity index (χ1n) is 11.3. The number of para-hydroxylation sites is 1. The van der Waals surface area contributed by atoms with Crippen LogP contribution in [0.2, 0.25) is 0 Å². The quantitative estimate of drug-likeness (QED) is 0.635. The minimum Gasteiger partial charge on any atom is -0.347 e. The summed E-state index contributed by atoms with van der Waals surface area (Å²) in [6.07, 6.45) is 9.92. The van der Waals surface area contributed by atoms with Gasteiger partial charge in [-0.3, -0.25) is 9.59 Å². The summed E-state index contributed by atoms with van der Waals surface area (Å²) in [6.45, 7) is 5.18. The number of hydrogen-bond donors (Lipinski definition) is 1. The molecule has 1 saturated carbocycles. The van der Waals surface area contributed by atoms with Crippen LogP contribution in [0.1, 0.15) is 80.5 Å². The lowest BCUT2D eigenvalue weighted by Crippen LogP contribution is -2.30. The largest absolute Gasteiger partial charge is 0.347 e. The van der Waals surface area contributed by atoms with Crippen molar-refractivity contribution >= 4 is 11.6 Å². The third-order valence-corrected chi connectivity index (χ3v) is 5.92. The maximum Gasteiger partial charge on any atom is 0.261 e. The zero-order valence-electron chi connectivity index (χ0n) is 17.9. The van der Waals surface area contributed by atoms with E-state index in [0.29, 0.717) is 11.5 Å². The number of nitrogens with one attached hydrogen (secondary N) is 1. The summed E-state index contributed by atoms with van der Waals surface area (Å²) in [4.78, 5) is 26.1. The first-order chi connectivity index (χ1) is 14.1. The van der Waals surface area contributed by atoms with E-state index in [2.05, 4.69) is 23.7 Å². The fourth-order valence-corrected chi connectivity index (χ4v) is 4.53. The molecule has 2 aromatic rings. The van der Waals surface area contributed by atoms with Gasteiger partial charge in [0, 0.05) is 29.7 Å². The van der Waals surface area contributed by atoms with Crippen molar-refractivity contribution in [3.63, 3.8) is 0 Å². The van der Waals surface area contributed by atoms with E-state index in [1.807, 2.05) is 30.3 Å². The van der Waals surface area contributed by atoms with Gasteiger partial charge >= 0.3 is 0 Å². The molecule has 4 heteroatoms. The summed E-state index contributed by atoms with van der Waals surface area (Å²) in [7, 11) is 0. The van der Waals surface area contributed by atoms with Crippen LogP contribution >= 0.6 is 0 Å². The Morgan fingerprint density at radius 1 is 1.03 bits per heavy atom. The number of carbonyl (C=O) groups is 1. The molecule has 0 radical (unpaired) electrons. The average Bonchev–Trinajstić information content (AvgIpc) is 2.72. The van der Waals surface area contributed by atoms with Crippen LogP contribution in [0.5, 0.6) is 0 Å². The molecule has 1 aromatic heterocycles. The summed E-state index contributed by atoms with van der Waals surface area (Å²) in [5.41, 5.74) is 2.90. The van der Waals surface area contributed by atoms with E-state index >= 15 is 0 Å². The summed E-state index contributed by atoms with van der Waals surface area (Å²) < 4.78 is 2.32. The molecular weight excluding hydrogens is 360 g/mol. The highest BCUT2D eigenvalue weighted by molar-refractivity contribution is 6.05. The Morgan fingerprint density at radius 3 is 2.38 bits per heavy atom. The number of rotatable bonds is 8. The predicted molar refractivity (Wildman–Crippen MR) is 120 cm³/mol. The van der Waals surface area contributed by atoms with Gasteiger partial charge < -0.3 is 9.88 Å². The number of carbonyl (C=O) groups excluding carboxylic acids is 1. The standard InChI is InChI=1S/C25H34N2O2/c1-3-11-21-17-23(28)24(25(29)26-20-15-9-6-10-16-20)22(12-4-2)27(21)18-19-13-7-5-8-14-19/h6,9-10,15-17,19H,3-5,7-8,11-14,18H2,1-2H3,(H,26,29). The molecule has 4 nitrogen and oxygen atoms in total. The van der Waals surface area contributed by atoms with Crippen LogP contribution in [-0.4, -0.2) is 10.5 Å². The molecule has 156 valence electrons. The maximum atomic E-state index is 13.1. The number of pyridine rings is 1. The van der Waals surface area contributed by atoms with E-state index in [-0.39, 0.29) is 11.3 Å². The molecule has 0 spiro atoms. The Labute approximate surface area is 174 Å². The molecule has 1 aromatic carbocycles. The second-order valence-corrected chi connectivity index (χ2v) is 8.26. The third-order valence-electron chi connectivity index (χ3n) is 5.92. The first kappa shape index (κ1) is 21.4. The van der Waals surface area contributed by atoms with Crippen molar-refractivity contribution in [2.45, 2.75) is 78.2 Å². The van der Waals surface area contributed by atoms with Crippen LogP contribution in [0, 0.1) is 5.92 Å². The summed E-state index contributed by atoms with van der Waals surface area (Å²) in [6, 6.07) is 11.1. The van der Waals surface area contributed by atoms with Gasteiger partial charge in [0.25, 0.3) is 5.91 Å². The van der Waals surface area contributed by atoms with Crippen LogP contribution in [0.3, 0.4) is 0 Å². The van der Waals surface area contributed by atoms with E-state index in [0.717, 1.165) is 49.3 Å². The van der Waals surface area contributed by atoms with Gasteiger partial charge in [0.1, 0.15) is 5.56 Å². The van der Waals surface area contributed by atoms with Crippen molar-refractivity contribution in [2.75, 3.05) is 5.32 Å². The second kappa shape index (κ2) is 10.4. The van der Waals surface area contributed by atoms with Gasteiger partial charge in [0.2, 0.25) is 0 Å². The van der Waals surface area contributed by atoms with Crippen molar-refractivity contribution in [3.05, 3.63) is 63.6 Å². The molecule has 0 atom stereocenters. The maximum absolute atomic E-state index is 13.1. The van der Waals surface area contributed by atoms with Crippen molar-refractivity contribution in [2.24, 2.45) is 5.92 Å². The number of aryl methyl sites for hydroxylation is 1. The molecule has 0 bridgehead atoms. The Balaban J connectivity index is 2.02. The zero-order chi connectivity index (χ0) is 20.6. The van der Waals surface area contributed by atoms with Gasteiger partial charge in [-0.1, -0.05) is 64.2 Å². The molecule has 0 unspecified atom stereocenters. The Morgan fingerprint density at radius 2 is 1.72 bits per heavy atom. The molecule has 29 heavy (non-hydrogen) atoms. The Bertz CT molecular complexity index is 864. The minimum atomic E-state index is -0.287.